The van der Waals surface area contributed by atoms with Crippen LogP contribution in [0, 0.1) is 0 Å². The first kappa shape index (κ1) is 22.0. The van der Waals surface area contributed by atoms with E-state index in [0.717, 1.165) is 6.07 Å². The van der Waals surface area contributed by atoms with E-state index in [2.05, 4.69) is 0 Å². The smallest absolute Gasteiger partial charge is 0.283 e. The van der Waals surface area contributed by atoms with Gasteiger partial charge in [0.05, 0.1) is 10.0 Å². The van der Waals surface area contributed by atoms with Gasteiger partial charge < -0.3 is 10.2 Å². The number of phenolic OH excluding ortho intramolecular Hbond substituents is 2. The minimum absolute atomic E-state index is 0.0475. The van der Waals surface area contributed by atoms with Gasteiger partial charge in [-0.1, -0.05) is 64.6 Å². The minimum Gasteiger partial charge on any atom is -0.506 e. The highest BCUT2D eigenvalue weighted by Gasteiger charge is 2.52. The maximum Gasteiger partial charge on any atom is 0.283 e. The molecule has 3 rings (SSSR count). The Bertz CT molecular complexity index is 1210. The van der Waals surface area contributed by atoms with Crippen molar-refractivity contribution in [1.82, 2.24) is 0 Å². The van der Waals surface area contributed by atoms with Crippen LogP contribution in [-0.2, 0) is 14.9 Å². The van der Waals surface area contributed by atoms with Crippen LogP contribution in [0.2, 0.25) is 20.1 Å². The number of rotatable bonds is 4. The van der Waals surface area contributed by atoms with Crippen molar-refractivity contribution < 1.29 is 23.2 Å². The summed E-state index contributed by atoms with van der Waals surface area (Å²) in [5.74, 6) is -1.11. The molecule has 152 valence electrons. The van der Waals surface area contributed by atoms with Crippen LogP contribution in [0.3, 0.4) is 0 Å². The summed E-state index contributed by atoms with van der Waals surface area (Å²) in [7, 11) is -5.11. The molecule has 0 bridgehead atoms. The second-order valence-corrected chi connectivity index (χ2v) is 9.31. The molecule has 1 atom stereocenters. The Morgan fingerprint density at radius 2 is 1.34 bits per heavy atom. The van der Waals surface area contributed by atoms with Crippen LogP contribution in [0.25, 0.3) is 0 Å². The summed E-state index contributed by atoms with van der Waals surface area (Å²) >= 11 is 24.3. The molecule has 0 aliphatic rings. The van der Waals surface area contributed by atoms with Crippen LogP contribution >= 0.6 is 46.4 Å². The average molecular weight is 494 g/mol. The number of halogens is 4. The standard InChI is InChI=1S/C19H12Cl4O5S/c20-12-3-1-2-10(8-12)19(29(26,27)28,11-4-5-13(21)16(24)9-11)17-14(22)6-7-15(23)18(17)25/h1-9,24-25H,(H,26,27,28). The van der Waals surface area contributed by atoms with Crippen LogP contribution in [0.4, 0.5) is 0 Å². The van der Waals surface area contributed by atoms with Crippen LogP contribution in [0.5, 0.6) is 11.5 Å². The van der Waals surface area contributed by atoms with Crippen molar-refractivity contribution in [3.8, 4) is 11.5 Å². The molecule has 3 aromatic carbocycles. The van der Waals surface area contributed by atoms with E-state index in [9.17, 15) is 23.2 Å². The SMILES string of the molecule is O=S(=O)(O)C(c1cccc(Cl)c1)(c1ccc(Cl)c(O)c1)c1c(Cl)ccc(Cl)c1O. The molecular weight excluding hydrogens is 482 g/mol. The topological polar surface area (TPSA) is 94.8 Å². The van der Waals surface area contributed by atoms with Crippen molar-refractivity contribution >= 4 is 56.5 Å². The van der Waals surface area contributed by atoms with Gasteiger partial charge in [0.2, 0.25) is 0 Å². The average Bonchev–Trinajstić information content (AvgIpc) is 2.63. The molecule has 0 heterocycles. The third kappa shape index (κ3) is 3.65. The zero-order valence-corrected chi connectivity index (χ0v) is 18.1. The zero-order valence-electron chi connectivity index (χ0n) is 14.3. The van der Waals surface area contributed by atoms with Crippen LogP contribution in [-0.4, -0.2) is 23.2 Å². The summed E-state index contributed by atoms with van der Waals surface area (Å²) < 4.78 is 33.9. The van der Waals surface area contributed by atoms with E-state index in [1.807, 2.05) is 0 Å². The molecule has 0 spiro atoms. The quantitative estimate of drug-likeness (QED) is 0.311. The van der Waals surface area contributed by atoms with E-state index in [1.165, 1.54) is 48.5 Å². The molecule has 0 radical (unpaired) electrons. The van der Waals surface area contributed by atoms with Gasteiger partial charge in [-0.25, -0.2) is 0 Å². The van der Waals surface area contributed by atoms with Gasteiger partial charge in [-0.05, 0) is 47.5 Å². The van der Waals surface area contributed by atoms with Crippen molar-refractivity contribution in [2.45, 2.75) is 4.75 Å². The van der Waals surface area contributed by atoms with Crippen LogP contribution < -0.4 is 0 Å². The molecule has 10 heteroatoms. The number of hydrogen-bond acceptors (Lipinski definition) is 4. The van der Waals surface area contributed by atoms with Crippen LogP contribution in [0.15, 0.2) is 54.6 Å². The maximum atomic E-state index is 13.0. The second-order valence-electron chi connectivity index (χ2n) is 6.09. The lowest BCUT2D eigenvalue weighted by molar-refractivity contribution is 0.439. The van der Waals surface area contributed by atoms with Gasteiger partial charge in [0.15, 0.2) is 4.75 Å². The lowest BCUT2D eigenvalue weighted by Gasteiger charge is -2.34. The fourth-order valence-corrected chi connectivity index (χ4v) is 5.33. The predicted molar refractivity (Wildman–Crippen MR) is 114 cm³/mol. The van der Waals surface area contributed by atoms with Crippen molar-refractivity contribution in [2.75, 3.05) is 0 Å². The summed E-state index contributed by atoms with van der Waals surface area (Å²) in [4.78, 5) is 0. The van der Waals surface area contributed by atoms with Gasteiger partial charge in [-0.15, -0.1) is 0 Å². The molecule has 0 saturated heterocycles. The van der Waals surface area contributed by atoms with Gasteiger partial charge in [0, 0.05) is 15.6 Å². The van der Waals surface area contributed by atoms with Gasteiger partial charge >= 0.3 is 0 Å². The molecule has 0 saturated carbocycles. The Morgan fingerprint density at radius 1 is 0.759 bits per heavy atom. The van der Waals surface area contributed by atoms with E-state index in [1.54, 1.807) is 0 Å². The normalized spacial score (nSPS) is 13.8. The van der Waals surface area contributed by atoms with Crippen LogP contribution in [0.1, 0.15) is 16.7 Å². The monoisotopic (exact) mass is 492 g/mol. The fourth-order valence-electron chi connectivity index (χ4n) is 3.20. The number of aromatic hydroxyl groups is 2. The zero-order chi connectivity index (χ0) is 21.6. The van der Waals surface area contributed by atoms with E-state index in [-0.39, 0.29) is 31.2 Å². The highest BCUT2D eigenvalue weighted by atomic mass is 35.5. The Kier molecular flexibility index (Phi) is 5.98. The molecule has 0 aliphatic carbocycles. The largest absolute Gasteiger partial charge is 0.506 e. The summed E-state index contributed by atoms with van der Waals surface area (Å²) in [5, 5.41) is 20.5. The van der Waals surface area contributed by atoms with Gasteiger partial charge in [-0.2, -0.15) is 8.42 Å². The third-order valence-electron chi connectivity index (χ3n) is 4.40. The van der Waals surface area contributed by atoms with Gasteiger partial charge in [0.25, 0.3) is 10.1 Å². The molecule has 3 aromatic rings. The summed E-state index contributed by atoms with van der Waals surface area (Å²) in [5.41, 5.74) is -0.601. The second kappa shape index (κ2) is 7.87. The molecule has 0 aliphatic heterocycles. The first-order valence-electron chi connectivity index (χ1n) is 7.89. The lowest BCUT2D eigenvalue weighted by atomic mass is 9.83. The number of hydrogen-bond donors (Lipinski definition) is 3. The molecule has 0 amide bonds. The Hall–Kier alpha value is -1.67. The Balaban J connectivity index is 2.63. The minimum atomic E-state index is -5.11. The lowest BCUT2D eigenvalue weighted by Crippen LogP contribution is -2.38. The molecular formula is C19H12Cl4O5S. The first-order chi connectivity index (χ1) is 13.5. The summed E-state index contributed by atoms with van der Waals surface area (Å²) in [6.07, 6.45) is 0. The van der Waals surface area contributed by atoms with Crippen molar-refractivity contribution in [3.05, 3.63) is 91.4 Å². The van der Waals surface area contributed by atoms with Crippen molar-refractivity contribution in [1.29, 1.82) is 0 Å². The number of benzene rings is 3. The molecule has 0 fully saturated rings. The summed E-state index contributed by atoms with van der Waals surface area (Å²) in [6.45, 7) is 0. The van der Waals surface area contributed by atoms with E-state index in [4.69, 9.17) is 46.4 Å². The third-order valence-corrected chi connectivity index (χ3v) is 7.02. The molecule has 3 N–H and O–H groups in total. The fraction of sp³-hybridized carbons (Fsp3) is 0.0526. The van der Waals surface area contributed by atoms with E-state index in [0.29, 0.717) is 0 Å². The maximum absolute atomic E-state index is 13.0. The highest BCUT2D eigenvalue weighted by Crippen LogP contribution is 2.52. The van der Waals surface area contributed by atoms with E-state index >= 15 is 0 Å². The van der Waals surface area contributed by atoms with E-state index < -0.39 is 31.9 Å². The highest BCUT2D eigenvalue weighted by molar-refractivity contribution is 7.87. The van der Waals surface area contributed by atoms with Gasteiger partial charge in [-0.3, -0.25) is 4.55 Å². The Labute approximate surface area is 186 Å². The molecule has 29 heavy (non-hydrogen) atoms. The number of phenols is 2. The molecule has 0 aromatic heterocycles. The van der Waals surface area contributed by atoms with Crippen molar-refractivity contribution in [3.63, 3.8) is 0 Å². The first-order valence-corrected chi connectivity index (χ1v) is 10.8. The predicted octanol–water partition coefficient (Wildman–Crippen LogP) is 5.89. The molecule has 5 nitrogen and oxygen atoms in total. The van der Waals surface area contributed by atoms with Gasteiger partial charge in [0.1, 0.15) is 11.5 Å². The summed E-state index contributed by atoms with van der Waals surface area (Å²) in [6, 6.07) is 11.7. The van der Waals surface area contributed by atoms with Crippen molar-refractivity contribution in [2.24, 2.45) is 0 Å². The Morgan fingerprint density at radius 3 is 1.93 bits per heavy atom. The molecule has 1 unspecified atom stereocenters.